The van der Waals surface area contributed by atoms with E-state index in [2.05, 4.69) is 4.90 Å². The van der Waals surface area contributed by atoms with Gasteiger partial charge in [-0.3, -0.25) is 4.90 Å². The minimum atomic E-state index is -0.569. The molecule has 3 rings (SSSR count). The van der Waals surface area contributed by atoms with Crippen molar-refractivity contribution in [1.82, 2.24) is 9.47 Å². The van der Waals surface area contributed by atoms with Gasteiger partial charge < -0.3 is 19.8 Å². The molecule has 0 unspecified atom stereocenters. The van der Waals surface area contributed by atoms with E-state index in [-0.39, 0.29) is 16.9 Å². The number of benzene rings is 1. The van der Waals surface area contributed by atoms with Crippen LogP contribution in [0, 0.1) is 11.3 Å². The minimum absolute atomic E-state index is 0.135. The van der Waals surface area contributed by atoms with Crippen LogP contribution in [0.25, 0.3) is 5.69 Å². The van der Waals surface area contributed by atoms with E-state index in [0.29, 0.717) is 13.2 Å². The number of ether oxygens (including phenoxy) is 2. The van der Waals surface area contributed by atoms with Crippen molar-refractivity contribution in [2.45, 2.75) is 6.54 Å². The molecule has 2 heterocycles. The molecule has 0 amide bonds. The van der Waals surface area contributed by atoms with Gasteiger partial charge in [0.05, 0.1) is 37.3 Å². The Morgan fingerprint density at radius 1 is 1.36 bits per heavy atom. The molecule has 1 aliphatic heterocycles. The Balaban J connectivity index is 2.05. The number of aromatic nitrogens is 1. The normalized spacial score (nSPS) is 14.9. The van der Waals surface area contributed by atoms with E-state index < -0.39 is 5.97 Å². The summed E-state index contributed by atoms with van der Waals surface area (Å²) in [5.74, 6) is -0.569. The van der Waals surface area contributed by atoms with Gasteiger partial charge in [0.25, 0.3) is 0 Å². The van der Waals surface area contributed by atoms with Crippen molar-refractivity contribution in [3.8, 4) is 11.8 Å². The second-order valence-corrected chi connectivity index (χ2v) is 5.80. The molecule has 0 aliphatic carbocycles. The molecule has 25 heavy (non-hydrogen) atoms. The number of anilines is 1. The first-order chi connectivity index (χ1) is 12.2. The summed E-state index contributed by atoms with van der Waals surface area (Å²) in [7, 11) is 1.30. The minimum Gasteiger partial charge on any atom is -0.464 e. The highest BCUT2D eigenvalue weighted by molar-refractivity contribution is 5.96. The summed E-state index contributed by atoms with van der Waals surface area (Å²) in [5.41, 5.74) is 8.40. The number of methoxy groups -OCH3 is 1. The highest BCUT2D eigenvalue weighted by Crippen LogP contribution is 2.27. The molecule has 1 aliphatic rings. The molecule has 0 saturated carbocycles. The molecule has 7 nitrogen and oxygen atoms in total. The highest BCUT2D eigenvalue weighted by Gasteiger charge is 2.23. The molecular formula is C18H20N4O3. The summed E-state index contributed by atoms with van der Waals surface area (Å²) in [5, 5.41) is 9.27. The van der Waals surface area contributed by atoms with Gasteiger partial charge in [-0.25, -0.2) is 4.79 Å². The smallest absolute Gasteiger partial charge is 0.357 e. The number of para-hydroxylation sites is 1. The van der Waals surface area contributed by atoms with Crippen LogP contribution in [0.1, 0.15) is 21.6 Å². The molecule has 0 bridgehead atoms. The molecule has 130 valence electrons. The fraction of sp³-hybridized carbons (Fsp3) is 0.333. The summed E-state index contributed by atoms with van der Waals surface area (Å²) in [6.45, 7) is 3.86. The topological polar surface area (TPSA) is 93.5 Å². The fourth-order valence-electron chi connectivity index (χ4n) is 2.98. The van der Waals surface area contributed by atoms with Crippen molar-refractivity contribution in [1.29, 1.82) is 5.26 Å². The van der Waals surface area contributed by atoms with Crippen LogP contribution in [-0.4, -0.2) is 48.8 Å². The summed E-state index contributed by atoms with van der Waals surface area (Å²) in [6.07, 6.45) is 1.58. The number of nitrogen functional groups attached to an aromatic ring is 1. The van der Waals surface area contributed by atoms with E-state index in [0.717, 1.165) is 30.9 Å². The van der Waals surface area contributed by atoms with E-state index in [4.69, 9.17) is 15.2 Å². The SMILES string of the molecule is COC(=O)c1c(N)c(C#N)cn1-c1ccccc1CN1CCOCC1. The van der Waals surface area contributed by atoms with E-state index in [1.54, 1.807) is 10.8 Å². The number of esters is 1. The van der Waals surface area contributed by atoms with Crippen molar-refractivity contribution >= 4 is 11.7 Å². The highest BCUT2D eigenvalue weighted by atomic mass is 16.5. The van der Waals surface area contributed by atoms with Gasteiger partial charge in [-0.05, 0) is 11.6 Å². The molecule has 1 aromatic heterocycles. The summed E-state index contributed by atoms with van der Waals surface area (Å²) in [6, 6.07) is 9.78. The molecule has 0 radical (unpaired) electrons. The number of rotatable bonds is 4. The lowest BCUT2D eigenvalue weighted by Gasteiger charge is -2.27. The largest absolute Gasteiger partial charge is 0.464 e. The third-order valence-electron chi connectivity index (χ3n) is 4.29. The number of hydrogen-bond acceptors (Lipinski definition) is 6. The Hall–Kier alpha value is -2.82. The number of nitriles is 1. The van der Waals surface area contributed by atoms with E-state index >= 15 is 0 Å². The third-order valence-corrected chi connectivity index (χ3v) is 4.29. The maximum atomic E-state index is 12.2. The molecule has 1 fully saturated rings. The molecule has 0 atom stereocenters. The second kappa shape index (κ2) is 7.38. The summed E-state index contributed by atoms with van der Waals surface area (Å²) >= 11 is 0. The van der Waals surface area contributed by atoms with Crippen LogP contribution in [0.3, 0.4) is 0 Å². The predicted molar refractivity (Wildman–Crippen MR) is 92.3 cm³/mol. The lowest BCUT2D eigenvalue weighted by molar-refractivity contribution is 0.0342. The number of carbonyl (C=O) groups excluding carboxylic acids is 1. The maximum Gasteiger partial charge on any atom is 0.357 e. The van der Waals surface area contributed by atoms with Crippen molar-refractivity contribution < 1.29 is 14.3 Å². The lowest BCUT2D eigenvalue weighted by Crippen LogP contribution is -2.35. The third kappa shape index (κ3) is 3.36. The van der Waals surface area contributed by atoms with Gasteiger partial charge in [0.2, 0.25) is 0 Å². The number of nitrogens with two attached hydrogens (primary N) is 1. The van der Waals surface area contributed by atoms with Crippen LogP contribution < -0.4 is 5.73 Å². The van der Waals surface area contributed by atoms with Gasteiger partial charge in [0, 0.05) is 25.8 Å². The quantitative estimate of drug-likeness (QED) is 0.849. The first-order valence-corrected chi connectivity index (χ1v) is 8.03. The van der Waals surface area contributed by atoms with Gasteiger partial charge in [-0.1, -0.05) is 18.2 Å². The monoisotopic (exact) mass is 340 g/mol. The molecular weight excluding hydrogens is 320 g/mol. The molecule has 2 N–H and O–H groups in total. The predicted octanol–water partition coefficient (Wildman–Crippen LogP) is 1.55. The Kier molecular flexibility index (Phi) is 5.03. The Morgan fingerprint density at radius 2 is 2.08 bits per heavy atom. The first kappa shape index (κ1) is 17.0. The number of hydrogen-bond donors (Lipinski definition) is 1. The number of morpholine rings is 1. The van der Waals surface area contributed by atoms with Gasteiger partial charge in [-0.15, -0.1) is 0 Å². The van der Waals surface area contributed by atoms with Crippen molar-refractivity contribution in [2.24, 2.45) is 0 Å². The van der Waals surface area contributed by atoms with Gasteiger partial charge in [0.1, 0.15) is 6.07 Å². The summed E-state index contributed by atoms with van der Waals surface area (Å²) in [4.78, 5) is 14.5. The Labute approximate surface area is 146 Å². The van der Waals surface area contributed by atoms with Crippen LogP contribution in [0.5, 0.6) is 0 Å². The van der Waals surface area contributed by atoms with Crippen LogP contribution in [0.15, 0.2) is 30.5 Å². The number of carbonyl (C=O) groups is 1. The zero-order valence-electron chi connectivity index (χ0n) is 14.1. The van der Waals surface area contributed by atoms with Crippen molar-refractivity contribution in [3.05, 3.63) is 47.3 Å². The van der Waals surface area contributed by atoms with Gasteiger partial charge in [-0.2, -0.15) is 5.26 Å². The standard InChI is InChI=1S/C18H20N4O3/c1-24-18(23)17-16(20)14(10-19)12-22(17)15-5-3-2-4-13(15)11-21-6-8-25-9-7-21/h2-5,12H,6-9,11,20H2,1H3. The van der Waals surface area contributed by atoms with Crippen molar-refractivity contribution in [3.63, 3.8) is 0 Å². The molecule has 1 saturated heterocycles. The fourth-order valence-corrected chi connectivity index (χ4v) is 2.98. The van der Waals surface area contributed by atoms with E-state index in [9.17, 15) is 10.1 Å². The lowest BCUT2D eigenvalue weighted by atomic mass is 10.1. The van der Waals surface area contributed by atoms with Crippen LogP contribution in [0.4, 0.5) is 5.69 Å². The first-order valence-electron chi connectivity index (χ1n) is 8.03. The Morgan fingerprint density at radius 3 is 2.76 bits per heavy atom. The molecule has 1 aromatic carbocycles. The van der Waals surface area contributed by atoms with Crippen LogP contribution >= 0.6 is 0 Å². The number of nitrogens with zero attached hydrogens (tertiary/aromatic N) is 3. The zero-order chi connectivity index (χ0) is 17.8. The summed E-state index contributed by atoms with van der Waals surface area (Å²) < 4.78 is 11.9. The van der Waals surface area contributed by atoms with E-state index in [1.165, 1.54) is 7.11 Å². The Bertz CT molecular complexity index is 816. The van der Waals surface area contributed by atoms with E-state index in [1.807, 2.05) is 30.3 Å². The molecule has 7 heteroatoms. The molecule has 0 spiro atoms. The zero-order valence-corrected chi connectivity index (χ0v) is 14.1. The molecule has 2 aromatic rings. The van der Waals surface area contributed by atoms with Gasteiger partial charge in [0.15, 0.2) is 5.69 Å². The van der Waals surface area contributed by atoms with Gasteiger partial charge >= 0.3 is 5.97 Å². The van der Waals surface area contributed by atoms with Crippen LogP contribution in [-0.2, 0) is 16.0 Å². The van der Waals surface area contributed by atoms with Crippen molar-refractivity contribution in [2.75, 3.05) is 39.1 Å². The average molecular weight is 340 g/mol. The second-order valence-electron chi connectivity index (χ2n) is 5.80. The van der Waals surface area contributed by atoms with Crippen LogP contribution in [0.2, 0.25) is 0 Å². The maximum absolute atomic E-state index is 12.2. The average Bonchev–Trinajstić information content (AvgIpc) is 2.98.